The summed E-state index contributed by atoms with van der Waals surface area (Å²) in [5, 5.41) is 0. The van der Waals surface area contributed by atoms with E-state index in [9.17, 15) is 13.2 Å². The van der Waals surface area contributed by atoms with E-state index in [1.165, 1.54) is 8.61 Å². The highest BCUT2D eigenvalue weighted by Crippen LogP contribution is 2.24. The highest BCUT2D eigenvalue weighted by atomic mass is 32.2. The number of nitrogens with zero attached hydrogens (tertiary/aromatic N) is 4. The smallest absolute Gasteiger partial charge is 0.281 e. The number of piperidine rings is 1. The Balaban J connectivity index is 1.62. The Morgan fingerprint density at radius 2 is 1.89 bits per heavy atom. The number of likely N-dealkylation sites (tertiary alicyclic amines) is 1. The Hall–Kier alpha value is -1.51. The Kier molecular flexibility index (Phi) is 6.18. The molecule has 150 valence electrons. The largest absolute Gasteiger partial charge is 0.339 e. The van der Waals surface area contributed by atoms with Crippen molar-refractivity contribution in [3.8, 4) is 0 Å². The molecule has 1 aromatic heterocycles. The van der Waals surface area contributed by atoms with Crippen molar-refractivity contribution in [1.82, 2.24) is 18.5 Å². The first kappa shape index (κ1) is 20.2. The minimum absolute atomic E-state index is 0.0551. The lowest BCUT2D eigenvalue weighted by molar-refractivity contribution is 0.0696. The number of carbonyl (C=O) groups is 1. The van der Waals surface area contributed by atoms with Gasteiger partial charge in [-0.2, -0.15) is 17.0 Å². The van der Waals surface area contributed by atoms with Gasteiger partial charge in [-0.05, 0) is 49.1 Å². The molecule has 2 fully saturated rings. The average Bonchev–Trinajstić information content (AvgIpc) is 3.11. The van der Waals surface area contributed by atoms with E-state index >= 15 is 0 Å². The molecule has 1 atom stereocenters. The van der Waals surface area contributed by atoms with Crippen LogP contribution in [0.25, 0.3) is 0 Å². The summed E-state index contributed by atoms with van der Waals surface area (Å²) in [5.74, 6) is 0.990. The molecule has 0 aliphatic carbocycles. The monoisotopic (exact) mass is 394 g/mol. The number of hydrogen-bond acceptors (Lipinski definition) is 4. The maximum atomic E-state index is 12.7. The molecule has 0 bridgehead atoms. The van der Waals surface area contributed by atoms with Gasteiger partial charge in [0.25, 0.3) is 16.1 Å². The molecular formula is C19H30N4O3S. The minimum atomic E-state index is -3.35. The molecule has 2 aliphatic rings. The molecule has 8 heteroatoms. The molecule has 2 saturated heterocycles. The average molecular weight is 395 g/mol. The van der Waals surface area contributed by atoms with Crippen molar-refractivity contribution in [3.05, 3.63) is 29.6 Å². The van der Waals surface area contributed by atoms with E-state index in [0.717, 1.165) is 44.3 Å². The minimum Gasteiger partial charge on any atom is -0.339 e. The highest BCUT2D eigenvalue weighted by Gasteiger charge is 2.32. The fraction of sp³-hybridized carbons (Fsp3) is 0.684. The molecule has 3 rings (SSSR count). The molecule has 0 N–H and O–H groups in total. The van der Waals surface area contributed by atoms with Gasteiger partial charge in [-0.25, -0.2) is 0 Å². The van der Waals surface area contributed by atoms with E-state index in [1.807, 2.05) is 11.0 Å². The van der Waals surface area contributed by atoms with Crippen molar-refractivity contribution >= 4 is 16.1 Å². The van der Waals surface area contributed by atoms with Crippen LogP contribution >= 0.6 is 0 Å². The van der Waals surface area contributed by atoms with Crippen LogP contribution in [0.15, 0.2) is 18.5 Å². The van der Waals surface area contributed by atoms with Gasteiger partial charge in [0.2, 0.25) is 0 Å². The Morgan fingerprint density at radius 1 is 1.19 bits per heavy atom. The first-order chi connectivity index (χ1) is 12.8. The molecule has 3 heterocycles. The van der Waals surface area contributed by atoms with Gasteiger partial charge in [-0.1, -0.05) is 6.92 Å². The molecule has 0 saturated carbocycles. The molecule has 1 aromatic rings. The SMILES string of the molecule is CC1CCN(C(=O)c2cncc(CC3CCN(S(=O)(=O)N(C)C)C3)c2)CC1. The molecule has 0 aromatic carbocycles. The van der Waals surface area contributed by atoms with Gasteiger partial charge in [0.15, 0.2) is 0 Å². The summed E-state index contributed by atoms with van der Waals surface area (Å²) in [5.41, 5.74) is 1.64. The van der Waals surface area contributed by atoms with Gasteiger partial charge >= 0.3 is 0 Å². The van der Waals surface area contributed by atoms with Crippen LogP contribution < -0.4 is 0 Å². The Bertz CT molecular complexity index is 773. The summed E-state index contributed by atoms with van der Waals surface area (Å²) in [6.45, 7) is 4.91. The van der Waals surface area contributed by atoms with Crippen LogP contribution in [-0.2, 0) is 16.6 Å². The molecule has 2 aliphatic heterocycles. The zero-order chi connectivity index (χ0) is 19.6. The summed E-state index contributed by atoms with van der Waals surface area (Å²) < 4.78 is 27.3. The Morgan fingerprint density at radius 3 is 2.56 bits per heavy atom. The van der Waals surface area contributed by atoms with Gasteiger partial charge in [-0.15, -0.1) is 0 Å². The van der Waals surface area contributed by atoms with Crippen molar-refractivity contribution in [2.45, 2.75) is 32.6 Å². The third kappa shape index (κ3) is 4.67. The fourth-order valence-electron chi connectivity index (χ4n) is 3.85. The maximum absolute atomic E-state index is 12.7. The van der Waals surface area contributed by atoms with Gasteiger partial charge in [0.05, 0.1) is 5.56 Å². The number of rotatable bonds is 5. The molecule has 1 amide bonds. The van der Waals surface area contributed by atoms with Crippen molar-refractivity contribution in [2.24, 2.45) is 11.8 Å². The second-order valence-corrected chi connectivity index (χ2v) is 10.2. The van der Waals surface area contributed by atoms with E-state index in [0.29, 0.717) is 24.6 Å². The fourth-order valence-corrected chi connectivity index (χ4v) is 5.05. The summed E-state index contributed by atoms with van der Waals surface area (Å²) in [6.07, 6.45) is 7.10. The predicted molar refractivity (Wildman–Crippen MR) is 105 cm³/mol. The number of pyridine rings is 1. The van der Waals surface area contributed by atoms with Crippen molar-refractivity contribution in [2.75, 3.05) is 40.3 Å². The first-order valence-electron chi connectivity index (χ1n) is 9.68. The van der Waals surface area contributed by atoms with E-state index < -0.39 is 10.2 Å². The standard InChI is InChI=1S/C19H30N4O3S/c1-15-4-7-22(8-5-15)19(24)18-11-17(12-20-13-18)10-16-6-9-23(14-16)27(25,26)21(2)3/h11-13,15-16H,4-10,14H2,1-3H3. The van der Waals surface area contributed by atoms with Crippen LogP contribution in [0.4, 0.5) is 0 Å². The number of hydrogen-bond donors (Lipinski definition) is 0. The second-order valence-electron chi connectivity index (χ2n) is 8.06. The van der Waals surface area contributed by atoms with Crippen LogP contribution in [0.1, 0.15) is 42.1 Å². The van der Waals surface area contributed by atoms with Crippen LogP contribution in [0.3, 0.4) is 0 Å². The zero-order valence-electron chi connectivity index (χ0n) is 16.5. The summed E-state index contributed by atoms with van der Waals surface area (Å²) >= 11 is 0. The number of carbonyl (C=O) groups excluding carboxylic acids is 1. The lowest BCUT2D eigenvalue weighted by Crippen LogP contribution is -2.38. The summed E-state index contributed by atoms with van der Waals surface area (Å²) in [4.78, 5) is 18.9. The molecule has 0 spiro atoms. The third-order valence-electron chi connectivity index (χ3n) is 5.67. The van der Waals surface area contributed by atoms with Crippen LogP contribution in [-0.4, -0.2) is 73.1 Å². The van der Waals surface area contributed by atoms with Crippen molar-refractivity contribution in [1.29, 1.82) is 0 Å². The van der Waals surface area contributed by atoms with Crippen LogP contribution in [0, 0.1) is 11.8 Å². The van der Waals surface area contributed by atoms with E-state index in [2.05, 4.69) is 11.9 Å². The maximum Gasteiger partial charge on any atom is 0.281 e. The van der Waals surface area contributed by atoms with E-state index in [-0.39, 0.29) is 11.8 Å². The van der Waals surface area contributed by atoms with Crippen LogP contribution in [0.5, 0.6) is 0 Å². The van der Waals surface area contributed by atoms with Crippen molar-refractivity contribution in [3.63, 3.8) is 0 Å². The molecule has 27 heavy (non-hydrogen) atoms. The van der Waals surface area contributed by atoms with Crippen LogP contribution in [0.2, 0.25) is 0 Å². The first-order valence-corrected chi connectivity index (χ1v) is 11.1. The topological polar surface area (TPSA) is 73.8 Å². The lowest BCUT2D eigenvalue weighted by atomic mass is 9.97. The second kappa shape index (κ2) is 8.24. The van der Waals surface area contributed by atoms with Gasteiger partial charge in [0.1, 0.15) is 0 Å². The molecule has 1 unspecified atom stereocenters. The zero-order valence-corrected chi connectivity index (χ0v) is 17.3. The highest BCUT2D eigenvalue weighted by molar-refractivity contribution is 7.86. The Labute approximate surface area is 162 Å². The number of amides is 1. The van der Waals surface area contributed by atoms with Crippen molar-refractivity contribution < 1.29 is 13.2 Å². The van der Waals surface area contributed by atoms with Gasteiger partial charge < -0.3 is 4.90 Å². The quantitative estimate of drug-likeness (QED) is 0.761. The van der Waals surface area contributed by atoms with Gasteiger partial charge in [-0.3, -0.25) is 9.78 Å². The van der Waals surface area contributed by atoms with Gasteiger partial charge in [0, 0.05) is 52.7 Å². The molecule has 7 nitrogen and oxygen atoms in total. The number of aromatic nitrogens is 1. The normalized spacial score (nSPS) is 22.5. The van der Waals surface area contributed by atoms with E-state index in [1.54, 1.807) is 26.5 Å². The summed E-state index contributed by atoms with van der Waals surface area (Å²) in [7, 11) is -0.235. The van der Waals surface area contributed by atoms with E-state index in [4.69, 9.17) is 0 Å². The molecular weight excluding hydrogens is 364 g/mol. The third-order valence-corrected chi connectivity index (χ3v) is 7.58. The lowest BCUT2D eigenvalue weighted by Gasteiger charge is -2.30. The summed E-state index contributed by atoms with van der Waals surface area (Å²) in [6, 6.07) is 1.93. The predicted octanol–water partition coefficient (Wildman–Crippen LogP) is 1.62. The molecule has 0 radical (unpaired) electrons.